The van der Waals surface area contributed by atoms with Gasteiger partial charge in [-0.05, 0) is 43.9 Å². The molecule has 9 heteroatoms. The number of benzene rings is 2. The Kier molecular flexibility index (Phi) is 7.90. The Balaban J connectivity index is 1.59. The molecule has 0 radical (unpaired) electrons. The van der Waals surface area contributed by atoms with Gasteiger partial charge in [0.05, 0.1) is 11.9 Å². The molecule has 1 spiro atoms. The fraction of sp³-hybridized carbons (Fsp3) is 0.444. The molecule has 1 heterocycles. The molecule has 0 unspecified atom stereocenters. The van der Waals surface area contributed by atoms with E-state index in [2.05, 4.69) is 5.32 Å². The van der Waals surface area contributed by atoms with E-state index in [9.17, 15) is 29.7 Å². The van der Waals surface area contributed by atoms with Gasteiger partial charge in [0.25, 0.3) is 11.8 Å². The summed E-state index contributed by atoms with van der Waals surface area (Å²) in [5.41, 5.74) is 1.42. The van der Waals surface area contributed by atoms with E-state index in [0.717, 1.165) is 37.7 Å². The molecule has 2 amide bonds. The second-order valence-corrected chi connectivity index (χ2v) is 11.0. The topological polar surface area (TPSA) is 127 Å². The minimum absolute atomic E-state index is 0.0324. The molecular formula is C27H32N2O6S. The van der Waals surface area contributed by atoms with Crippen molar-refractivity contribution in [3.8, 4) is 5.75 Å². The summed E-state index contributed by atoms with van der Waals surface area (Å²) in [5, 5.41) is 34.1. The Morgan fingerprint density at radius 2 is 1.78 bits per heavy atom. The number of phenols is 1. The lowest BCUT2D eigenvalue weighted by Crippen LogP contribution is -2.58. The van der Waals surface area contributed by atoms with E-state index in [4.69, 9.17) is 0 Å². The molecule has 4 rings (SSSR count). The maximum atomic E-state index is 13.6. The molecule has 1 aliphatic heterocycles. The number of hydrogen-bond donors (Lipinski definition) is 4. The lowest BCUT2D eigenvalue weighted by atomic mass is 9.82. The highest BCUT2D eigenvalue weighted by atomic mass is 32.2. The van der Waals surface area contributed by atoms with E-state index in [-0.39, 0.29) is 23.6 Å². The maximum Gasteiger partial charge on any atom is 0.327 e. The van der Waals surface area contributed by atoms with Gasteiger partial charge in [0.1, 0.15) is 11.8 Å². The van der Waals surface area contributed by atoms with Crippen LogP contribution in [0.2, 0.25) is 0 Å². The molecule has 0 bridgehead atoms. The maximum absolute atomic E-state index is 13.6. The van der Waals surface area contributed by atoms with Crippen molar-refractivity contribution in [1.29, 1.82) is 0 Å². The van der Waals surface area contributed by atoms with E-state index >= 15 is 0 Å². The zero-order valence-corrected chi connectivity index (χ0v) is 21.0. The summed E-state index contributed by atoms with van der Waals surface area (Å²) in [6, 6.07) is 11.7. The summed E-state index contributed by atoms with van der Waals surface area (Å²) >= 11 is 1.48. The molecule has 0 aromatic heterocycles. The van der Waals surface area contributed by atoms with Crippen molar-refractivity contribution in [2.45, 2.75) is 68.4 Å². The van der Waals surface area contributed by atoms with Crippen LogP contribution in [0.25, 0.3) is 0 Å². The van der Waals surface area contributed by atoms with Gasteiger partial charge in [-0.25, -0.2) is 4.79 Å². The first kappa shape index (κ1) is 26.0. The number of phenolic OH excluding ortho intramolecular Hbond substituents is 1. The van der Waals surface area contributed by atoms with E-state index in [1.165, 1.54) is 22.7 Å². The summed E-state index contributed by atoms with van der Waals surface area (Å²) in [6.07, 6.45) is 2.83. The third kappa shape index (κ3) is 5.22. The van der Waals surface area contributed by atoms with Gasteiger partial charge in [-0.2, -0.15) is 0 Å². The molecule has 4 N–H and O–H groups in total. The molecule has 1 aliphatic carbocycles. The van der Waals surface area contributed by atoms with Crippen LogP contribution in [0.1, 0.15) is 53.6 Å². The number of carbonyl (C=O) groups excluding carboxylic acids is 2. The van der Waals surface area contributed by atoms with E-state index in [1.54, 1.807) is 19.1 Å². The number of hydrogen-bond acceptors (Lipinski definition) is 6. The van der Waals surface area contributed by atoms with Gasteiger partial charge in [-0.15, -0.1) is 11.8 Å². The average Bonchev–Trinajstić information content (AvgIpc) is 3.23. The van der Waals surface area contributed by atoms with Crippen molar-refractivity contribution in [2.24, 2.45) is 0 Å². The molecule has 1 saturated heterocycles. The van der Waals surface area contributed by atoms with Crippen LogP contribution < -0.4 is 5.32 Å². The van der Waals surface area contributed by atoms with Crippen LogP contribution in [0, 0.1) is 6.92 Å². The van der Waals surface area contributed by atoms with E-state index in [1.807, 2.05) is 30.3 Å². The second kappa shape index (κ2) is 10.9. The van der Waals surface area contributed by atoms with Gasteiger partial charge in [0.15, 0.2) is 6.10 Å². The summed E-state index contributed by atoms with van der Waals surface area (Å²) in [6.45, 7) is 1.61. The molecule has 192 valence electrons. The predicted molar refractivity (Wildman–Crippen MR) is 137 cm³/mol. The van der Waals surface area contributed by atoms with Gasteiger partial charge >= 0.3 is 5.97 Å². The number of aliphatic hydroxyl groups excluding tert-OH is 1. The SMILES string of the molecule is Cc1c(O)cccc1C(=O)N[C@@H](Cc1ccccc1)[C@H](O)C(=O)N1CSC2(CCCCC2)[C@H]1C(=O)O. The largest absolute Gasteiger partial charge is 0.508 e. The minimum atomic E-state index is -1.65. The lowest BCUT2D eigenvalue weighted by molar-refractivity contribution is -0.154. The summed E-state index contributed by atoms with van der Waals surface area (Å²) in [5.74, 6) is -2.15. The van der Waals surface area contributed by atoms with E-state index in [0.29, 0.717) is 5.56 Å². The first-order chi connectivity index (χ1) is 17.2. The Labute approximate surface area is 214 Å². The number of aliphatic hydroxyl groups is 1. The van der Waals surface area contributed by atoms with Gasteiger partial charge in [0.2, 0.25) is 0 Å². The van der Waals surface area contributed by atoms with Crippen molar-refractivity contribution in [2.75, 3.05) is 5.88 Å². The fourth-order valence-corrected chi connectivity index (χ4v) is 6.96. The molecule has 2 fully saturated rings. The van der Waals surface area contributed by atoms with Crippen molar-refractivity contribution < 1.29 is 29.7 Å². The number of thioether (sulfide) groups is 1. The summed E-state index contributed by atoms with van der Waals surface area (Å²) in [7, 11) is 0. The van der Waals surface area contributed by atoms with Crippen LogP contribution in [-0.4, -0.2) is 66.8 Å². The number of carbonyl (C=O) groups is 3. The Morgan fingerprint density at radius 1 is 1.08 bits per heavy atom. The highest BCUT2D eigenvalue weighted by Gasteiger charge is 2.55. The van der Waals surface area contributed by atoms with Gasteiger partial charge in [0, 0.05) is 15.9 Å². The summed E-state index contributed by atoms with van der Waals surface area (Å²) < 4.78 is -0.545. The Morgan fingerprint density at radius 3 is 2.44 bits per heavy atom. The van der Waals surface area contributed by atoms with E-state index < -0.39 is 40.7 Å². The smallest absolute Gasteiger partial charge is 0.327 e. The van der Waals surface area contributed by atoms with Gasteiger partial charge < -0.3 is 25.5 Å². The van der Waals surface area contributed by atoms with Crippen molar-refractivity contribution in [3.05, 3.63) is 65.2 Å². The minimum Gasteiger partial charge on any atom is -0.508 e. The molecule has 1 saturated carbocycles. The zero-order valence-electron chi connectivity index (χ0n) is 20.2. The number of nitrogens with zero attached hydrogens (tertiary/aromatic N) is 1. The third-order valence-electron chi connectivity index (χ3n) is 7.32. The third-order valence-corrected chi connectivity index (χ3v) is 8.93. The highest BCUT2D eigenvalue weighted by molar-refractivity contribution is 8.01. The number of amides is 2. The first-order valence-electron chi connectivity index (χ1n) is 12.2. The number of aliphatic carboxylic acids is 1. The average molecular weight is 513 g/mol. The molecule has 3 atom stereocenters. The van der Waals surface area contributed by atoms with Crippen LogP contribution in [0.4, 0.5) is 0 Å². The number of aromatic hydroxyl groups is 1. The quantitative estimate of drug-likeness (QED) is 0.449. The van der Waals surface area contributed by atoms with Crippen LogP contribution in [0.15, 0.2) is 48.5 Å². The molecule has 2 aromatic carbocycles. The molecular weight excluding hydrogens is 480 g/mol. The van der Waals surface area contributed by atoms with Crippen LogP contribution >= 0.6 is 11.8 Å². The monoisotopic (exact) mass is 512 g/mol. The van der Waals surface area contributed by atoms with Crippen molar-refractivity contribution in [1.82, 2.24) is 10.2 Å². The number of rotatable bonds is 7. The number of nitrogens with one attached hydrogen (secondary N) is 1. The first-order valence-corrected chi connectivity index (χ1v) is 13.2. The lowest BCUT2D eigenvalue weighted by Gasteiger charge is -2.38. The predicted octanol–water partition coefficient (Wildman–Crippen LogP) is 3.09. The summed E-state index contributed by atoms with van der Waals surface area (Å²) in [4.78, 5) is 40.3. The second-order valence-electron chi connectivity index (χ2n) is 9.61. The standard InChI is InChI=1S/C27H32N2O6S/c1-17-19(11-8-12-21(17)30)24(32)28-20(15-18-9-4-2-5-10-18)22(31)25(33)29-16-36-27(23(29)26(34)35)13-6-3-7-14-27/h2,4-5,8-12,20,22-23,30-31H,3,6-7,13-16H2,1H3,(H,28,32)(H,34,35)/t20-,22-,23+/m0/s1. The molecule has 2 aliphatic rings. The van der Waals surface area contributed by atoms with Crippen LogP contribution in [0.5, 0.6) is 5.75 Å². The van der Waals surface area contributed by atoms with Crippen molar-refractivity contribution >= 4 is 29.5 Å². The molecule has 2 aromatic rings. The van der Waals surface area contributed by atoms with Crippen molar-refractivity contribution in [3.63, 3.8) is 0 Å². The van der Waals surface area contributed by atoms with Gasteiger partial charge in [-0.3, -0.25) is 9.59 Å². The Bertz CT molecular complexity index is 1120. The fourth-order valence-electron chi connectivity index (χ4n) is 5.32. The van der Waals surface area contributed by atoms with Crippen LogP contribution in [0.3, 0.4) is 0 Å². The zero-order chi connectivity index (χ0) is 25.9. The Hall–Kier alpha value is -3.04. The highest BCUT2D eigenvalue weighted by Crippen LogP contribution is 2.49. The normalized spacial score (nSPS) is 20.6. The van der Waals surface area contributed by atoms with Crippen LogP contribution in [-0.2, 0) is 16.0 Å². The number of carboxylic acid groups (broad SMARTS) is 1. The number of carboxylic acids is 1. The van der Waals surface area contributed by atoms with Gasteiger partial charge in [-0.1, -0.05) is 55.7 Å². The molecule has 36 heavy (non-hydrogen) atoms. The molecule has 8 nitrogen and oxygen atoms in total.